The molecular formula is C13H17NO2. The second-order valence-corrected chi connectivity index (χ2v) is 5.28. The van der Waals surface area contributed by atoms with E-state index in [0.29, 0.717) is 12.8 Å². The topological polar surface area (TPSA) is 30.5 Å². The number of hydrogen-bond acceptors (Lipinski definition) is 3. The van der Waals surface area contributed by atoms with Crippen molar-refractivity contribution in [3.8, 4) is 11.5 Å². The van der Waals surface area contributed by atoms with Crippen molar-refractivity contribution < 1.29 is 9.47 Å². The van der Waals surface area contributed by atoms with Crippen LogP contribution in [0, 0.1) is 0 Å². The van der Waals surface area contributed by atoms with Crippen molar-refractivity contribution >= 4 is 0 Å². The van der Waals surface area contributed by atoms with E-state index in [4.69, 9.17) is 9.47 Å². The number of benzene rings is 1. The predicted molar refractivity (Wildman–Crippen MR) is 62.0 cm³/mol. The average Bonchev–Trinajstić information content (AvgIpc) is 2.69. The minimum absolute atomic E-state index is 0.156. The summed E-state index contributed by atoms with van der Waals surface area (Å²) in [6.07, 6.45) is 0. The third-order valence-electron chi connectivity index (χ3n) is 3.59. The smallest absolute Gasteiger partial charge is 0.231 e. The van der Waals surface area contributed by atoms with E-state index in [1.165, 1.54) is 11.1 Å². The molecule has 3 nitrogen and oxygen atoms in total. The molecule has 0 bridgehead atoms. The summed E-state index contributed by atoms with van der Waals surface area (Å²) in [5.74, 6) is 1.77. The monoisotopic (exact) mass is 219 g/mol. The van der Waals surface area contributed by atoms with Gasteiger partial charge in [-0.25, -0.2) is 0 Å². The van der Waals surface area contributed by atoms with Gasteiger partial charge in [0.15, 0.2) is 11.5 Å². The first-order valence-corrected chi connectivity index (χ1v) is 5.75. The Hall–Kier alpha value is -1.22. The van der Waals surface area contributed by atoms with Crippen molar-refractivity contribution in [1.82, 2.24) is 5.32 Å². The molecule has 3 heteroatoms. The van der Waals surface area contributed by atoms with Crippen LogP contribution in [0.3, 0.4) is 0 Å². The molecule has 1 atom stereocenters. The summed E-state index contributed by atoms with van der Waals surface area (Å²) < 4.78 is 10.9. The van der Waals surface area contributed by atoms with Crippen LogP contribution in [0.1, 0.15) is 37.9 Å². The van der Waals surface area contributed by atoms with Gasteiger partial charge in [0.25, 0.3) is 0 Å². The lowest BCUT2D eigenvalue weighted by molar-refractivity contribution is 0.174. The number of ether oxygens (including phenoxy) is 2. The maximum Gasteiger partial charge on any atom is 0.231 e. The molecule has 1 unspecified atom stereocenters. The lowest BCUT2D eigenvalue weighted by Gasteiger charge is -2.36. The zero-order chi connectivity index (χ0) is 11.3. The Morgan fingerprint density at radius 3 is 2.69 bits per heavy atom. The second kappa shape index (κ2) is 3.14. The van der Waals surface area contributed by atoms with Gasteiger partial charge in [-0.3, -0.25) is 0 Å². The van der Waals surface area contributed by atoms with Crippen molar-refractivity contribution in [3.63, 3.8) is 0 Å². The van der Waals surface area contributed by atoms with Crippen molar-refractivity contribution in [1.29, 1.82) is 0 Å². The summed E-state index contributed by atoms with van der Waals surface area (Å²) in [6, 6.07) is 4.66. The lowest BCUT2D eigenvalue weighted by Crippen LogP contribution is -2.40. The average molecular weight is 219 g/mol. The molecule has 2 heterocycles. The van der Waals surface area contributed by atoms with Gasteiger partial charge < -0.3 is 14.8 Å². The molecule has 2 aliphatic heterocycles. The van der Waals surface area contributed by atoms with E-state index in [-0.39, 0.29) is 5.41 Å². The quantitative estimate of drug-likeness (QED) is 0.726. The summed E-state index contributed by atoms with van der Waals surface area (Å²) >= 11 is 0. The summed E-state index contributed by atoms with van der Waals surface area (Å²) in [4.78, 5) is 0. The zero-order valence-corrected chi connectivity index (χ0v) is 9.96. The highest BCUT2D eigenvalue weighted by Crippen LogP contribution is 2.42. The summed E-state index contributed by atoms with van der Waals surface area (Å²) in [6.45, 7) is 8.05. The Bertz CT molecular complexity index is 440. The predicted octanol–water partition coefficient (Wildman–Crippen LogP) is 2.36. The van der Waals surface area contributed by atoms with Crippen LogP contribution in [0.15, 0.2) is 12.1 Å². The lowest BCUT2D eigenvalue weighted by atomic mass is 9.77. The normalized spacial score (nSPS) is 25.3. The Labute approximate surface area is 95.8 Å². The molecule has 0 aromatic heterocycles. The molecule has 1 aromatic carbocycles. The minimum Gasteiger partial charge on any atom is -0.454 e. The molecule has 86 valence electrons. The van der Waals surface area contributed by atoms with E-state index in [2.05, 4.69) is 38.2 Å². The fraction of sp³-hybridized carbons (Fsp3) is 0.538. The van der Waals surface area contributed by atoms with Gasteiger partial charge >= 0.3 is 0 Å². The van der Waals surface area contributed by atoms with Gasteiger partial charge in [0.2, 0.25) is 6.79 Å². The summed E-state index contributed by atoms with van der Waals surface area (Å²) in [7, 11) is 0. The van der Waals surface area contributed by atoms with Crippen molar-refractivity contribution in [2.24, 2.45) is 0 Å². The van der Waals surface area contributed by atoms with Gasteiger partial charge in [0.05, 0.1) is 0 Å². The van der Waals surface area contributed by atoms with E-state index in [1.807, 2.05) is 0 Å². The molecule has 0 saturated heterocycles. The van der Waals surface area contributed by atoms with Crippen LogP contribution in [0.5, 0.6) is 11.5 Å². The molecule has 0 fully saturated rings. The third-order valence-corrected chi connectivity index (χ3v) is 3.59. The van der Waals surface area contributed by atoms with Crippen LogP contribution in [0.25, 0.3) is 0 Å². The van der Waals surface area contributed by atoms with Gasteiger partial charge in [-0.1, -0.05) is 13.8 Å². The second-order valence-electron chi connectivity index (χ2n) is 5.28. The highest BCUT2D eigenvalue weighted by atomic mass is 16.7. The van der Waals surface area contributed by atoms with Gasteiger partial charge in [-0.05, 0) is 30.2 Å². The van der Waals surface area contributed by atoms with Gasteiger partial charge in [0.1, 0.15) is 0 Å². The highest BCUT2D eigenvalue weighted by molar-refractivity contribution is 5.52. The molecule has 3 rings (SSSR count). The largest absolute Gasteiger partial charge is 0.454 e. The first-order valence-electron chi connectivity index (χ1n) is 5.75. The molecular weight excluding hydrogens is 202 g/mol. The molecule has 0 saturated carbocycles. The number of fused-ring (bicyclic) bond motifs is 2. The summed E-state index contributed by atoms with van der Waals surface area (Å²) in [5, 5.41) is 3.52. The van der Waals surface area contributed by atoms with Gasteiger partial charge in [-0.15, -0.1) is 0 Å². The Morgan fingerprint density at radius 1 is 1.25 bits per heavy atom. The van der Waals surface area contributed by atoms with E-state index in [0.717, 1.165) is 18.0 Å². The van der Waals surface area contributed by atoms with E-state index in [1.54, 1.807) is 0 Å². The van der Waals surface area contributed by atoms with Crippen LogP contribution in [-0.4, -0.2) is 13.3 Å². The summed E-state index contributed by atoms with van der Waals surface area (Å²) in [5.41, 5.74) is 2.87. The van der Waals surface area contributed by atoms with Crippen LogP contribution < -0.4 is 14.8 Å². The molecule has 0 amide bonds. The maximum atomic E-state index is 5.45. The highest BCUT2D eigenvalue weighted by Gasteiger charge is 2.33. The Morgan fingerprint density at radius 2 is 1.94 bits per heavy atom. The molecule has 1 aromatic rings. The number of hydrogen-bond donors (Lipinski definition) is 1. The zero-order valence-electron chi connectivity index (χ0n) is 9.96. The number of nitrogens with one attached hydrogen (secondary N) is 1. The first-order chi connectivity index (χ1) is 7.58. The van der Waals surface area contributed by atoms with Crippen LogP contribution in [-0.2, 0) is 5.41 Å². The molecule has 0 aliphatic carbocycles. The van der Waals surface area contributed by atoms with E-state index < -0.39 is 0 Å². The fourth-order valence-electron chi connectivity index (χ4n) is 2.52. The molecule has 0 spiro atoms. The van der Waals surface area contributed by atoms with Crippen LogP contribution in [0.4, 0.5) is 0 Å². The van der Waals surface area contributed by atoms with Crippen LogP contribution in [0.2, 0.25) is 0 Å². The Kier molecular flexibility index (Phi) is 1.96. The van der Waals surface area contributed by atoms with Gasteiger partial charge in [-0.2, -0.15) is 0 Å². The fourth-order valence-corrected chi connectivity index (χ4v) is 2.52. The molecule has 0 radical (unpaired) electrons. The standard InChI is InChI=1S/C13H17NO2/c1-8-9-4-11-12(16-7-15-11)5-10(9)13(2,3)6-14-8/h4-5,8,14H,6-7H2,1-3H3. The van der Waals surface area contributed by atoms with Gasteiger partial charge in [0, 0.05) is 18.0 Å². The Balaban J connectivity index is 2.19. The molecule has 2 aliphatic rings. The van der Waals surface area contributed by atoms with Crippen molar-refractivity contribution in [3.05, 3.63) is 23.3 Å². The maximum absolute atomic E-state index is 5.45. The minimum atomic E-state index is 0.156. The third kappa shape index (κ3) is 1.31. The SMILES string of the molecule is CC1NCC(C)(C)c2cc3c(cc21)OCO3. The van der Waals surface area contributed by atoms with Crippen molar-refractivity contribution in [2.75, 3.05) is 13.3 Å². The molecule has 1 N–H and O–H groups in total. The molecule has 16 heavy (non-hydrogen) atoms. The van der Waals surface area contributed by atoms with E-state index in [9.17, 15) is 0 Å². The van der Waals surface area contributed by atoms with Crippen LogP contribution >= 0.6 is 0 Å². The van der Waals surface area contributed by atoms with E-state index >= 15 is 0 Å². The van der Waals surface area contributed by atoms with Crippen molar-refractivity contribution in [2.45, 2.75) is 32.2 Å². The first kappa shape index (κ1) is 9.97. The number of rotatable bonds is 0.